The summed E-state index contributed by atoms with van der Waals surface area (Å²) in [4.78, 5) is 21.1. The van der Waals surface area contributed by atoms with E-state index in [4.69, 9.17) is 4.74 Å². The normalized spacial score (nSPS) is 16.3. The van der Waals surface area contributed by atoms with Crippen molar-refractivity contribution < 1.29 is 9.53 Å². The van der Waals surface area contributed by atoms with Gasteiger partial charge in [0.25, 0.3) is 0 Å². The molecule has 24 heavy (non-hydrogen) atoms. The molecule has 0 aliphatic carbocycles. The predicted molar refractivity (Wildman–Crippen MR) is 94.9 cm³/mol. The molecule has 0 radical (unpaired) electrons. The summed E-state index contributed by atoms with van der Waals surface area (Å²) < 4.78 is 7.68. The summed E-state index contributed by atoms with van der Waals surface area (Å²) >= 11 is 0. The number of hydrogen-bond donors (Lipinski definition) is 0. The van der Waals surface area contributed by atoms with Crippen LogP contribution in [-0.4, -0.2) is 71.2 Å². The lowest BCUT2D eigenvalue weighted by atomic mass is 10.0. The molecule has 6 heteroatoms. The van der Waals surface area contributed by atoms with Crippen LogP contribution >= 0.6 is 0 Å². The zero-order valence-corrected chi connectivity index (χ0v) is 15.6. The molecule has 1 fully saturated rings. The van der Waals surface area contributed by atoms with Crippen molar-refractivity contribution in [1.82, 2.24) is 19.4 Å². The van der Waals surface area contributed by atoms with Gasteiger partial charge in [0.05, 0.1) is 12.7 Å². The van der Waals surface area contributed by atoms with E-state index in [1.807, 2.05) is 24.9 Å². The lowest BCUT2D eigenvalue weighted by Gasteiger charge is -2.35. The van der Waals surface area contributed by atoms with Crippen molar-refractivity contribution in [3.63, 3.8) is 0 Å². The maximum atomic E-state index is 12.4. The molecule has 0 atom stereocenters. The molecule has 0 unspecified atom stereocenters. The Labute approximate surface area is 145 Å². The minimum absolute atomic E-state index is 0.239. The second kappa shape index (κ2) is 9.18. The molecular weight excluding hydrogens is 304 g/mol. The minimum atomic E-state index is 0.239. The van der Waals surface area contributed by atoms with Gasteiger partial charge < -0.3 is 19.1 Å². The van der Waals surface area contributed by atoms with Gasteiger partial charge in [0.2, 0.25) is 5.91 Å². The first-order chi connectivity index (χ1) is 11.5. The number of carbonyl (C=O) groups is 1. The van der Waals surface area contributed by atoms with E-state index in [1.165, 1.54) is 0 Å². The molecule has 136 valence electrons. The van der Waals surface area contributed by atoms with Gasteiger partial charge in [0.15, 0.2) is 0 Å². The van der Waals surface area contributed by atoms with Crippen LogP contribution < -0.4 is 0 Å². The van der Waals surface area contributed by atoms with Crippen molar-refractivity contribution in [1.29, 1.82) is 0 Å². The summed E-state index contributed by atoms with van der Waals surface area (Å²) in [6, 6.07) is 0.605. The highest BCUT2D eigenvalue weighted by atomic mass is 16.5. The summed E-state index contributed by atoms with van der Waals surface area (Å²) in [6.07, 6.45) is 7.38. The summed E-state index contributed by atoms with van der Waals surface area (Å²) in [5.41, 5.74) is 0. The second-order valence-corrected chi connectivity index (χ2v) is 7.03. The molecule has 0 bridgehead atoms. The van der Waals surface area contributed by atoms with Gasteiger partial charge in [-0.15, -0.1) is 0 Å². The van der Waals surface area contributed by atoms with E-state index in [0.29, 0.717) is 25.5 Å². The monoisotopic (exact) mass is 336 g/mol. The number of amides is 1. The third-order valence-corrected chi connectivity index (χ3v) is 4.70. The number of carbonyl (C=O) groups excluding carboxylic acids is 1. The van der Waals surface area contributed by atoms with Gasteiger partial charge in [-0.2, -0.15) is 0 Å². The SMILES string of the molecule is CC(C)OCCn1ccnc1CCC(=O)N1CCC(N(C)C)CC1. The molecule has 2 rings (SSSR count). The van der Waals surface area contributed by atoms with Crippen LogP contribution in [0, 0.1) is 0 Å². The summed E-state index contributed by atoms with van der Waals surface area (Å²) in [5, 5.41) is 0. The maximum Gasteiger partial charge on any atom is 0.223 e. The Kier molecular flexibility index (Phi) is 7.24. The second-order valence-electron chi connectivity index (χ2n) is 7.03. The number of aryl methyl sites for hydroxylation is 1. The first-order valence-electron chi connectivity index (χ1n) is 9.03. The van der Waals surface area contributed by atoms with E-state index in [-0.39, 0.29) is 12.0 Å². The maximum absolute atomic E-state index is 12.4. The van der Waals surface area contributed by atoms with Crippen molar-refractivity contribution in [2.75, 3.05) is 33.8 Å². The Morgan fingerprint density at radius 3 is 2.71 bits per heavy atom. The molecule has 0 aromatic carbocycles. The Morgan fingerprint density at radius 1 is 1.38 bits per heavy atom. The van der Waals surface area contributed by atoms with Gasteiger partial charge in [-0.05, 0) is 40.8 Å². The first kappa shape index (κ1) is 18.9. The van der Waals surface area contributed by atoms with Gasteiger partial charge in [0, 0.05) is 50.9 Å². The molecule has 1 saturated heterocycles. The number of rotatable bonds is 8. The van der Waals surface area contributed by atoms with E-state index in [2.05, 4.69) is 28.5 Å². The molecule has 1 aliphatic rings. The van der Waals surface area contributed by atoms with E-state index < -0.39 is 0 Å². The van der Waals surface area contributed by atoms with Gasteiger partial charge in [-0.3, -0.25) is 4.79 Å². The molecule has 2 heterocycles. The third kappa shape index (κ3) is 5.60. The number of likely N-dealkylation sites (tertiary alicyclic amines) is 1. The van der Waals surface area contributed by atoms with Crippen LogP contribution in [0.25, 0.3) is 0 Å². The molecular formula is C18H32N4O2. The number of piperidine rings is 1. The van der Waals surface area contributed by atoms with E-state index in [0.717, 1.165) is 38.3 Å². The van der Waals surface area contributed by atoms with Crippen molar-refractivity contribution >= 4 is 5.91 Å². The Bertz CT molecular complexity index is 505. The molecule has 1 amide bonds. The van der Waals surface area contributed by atoms with Crippen molar-refractivity contribution in [2.24, 2.45) is 0 Å². The molecule has 1 aromatic rings. The van der Waals surface area contributed by atoms with Gasteiger partial charge in [0.1, 0.15) is 5.82 Å². The van der Waals surface area contributed by atoms with E-state index >= 15 is 0 Å². The van der Waals surface area contributed by atoms with Crippen LogP contribution in [0.5, 0.6) is 0 Å². The van der Waals surface area contributed by atoms with Crippen LogP contribution in [0.4, 0.5) is 0 Å². The number of imidazole rings is 1. The van der Waals surface area contributed by atoms with Crippen LogP contribution in [0.3, 0.4) is 0 Å². The molecule has 0 N–H and O–H groups in total. The van der Waals surface area contributed by atoms with Crippen LogP contribution in [-0.2, 0) is 22.5 Å². The molecule has 6 nitrogen and oxygen atoms in total. The highest BCUT2D eigenvalue weighted by molar-refractivity contribution is 5.76. The number of ether oxygens (including phenoxy) is 1. The third-order valence-electron chi connectivity index (χ3n) is 4.70. The zero-order valence-electron chi connectivity index (χ0n) is 15.6. The highest BCUT2D eigenvalue weighted by Gasteiger charge is 2.23. The fourth-order valence-corrected chi connectivity index (χ4v) is 3.17. The van der Waals surface area contributed by atoms with Crippen molar-refractivity contribution in [3.8, 4) is 0 Å². The predicted octanol–water partition coefficient (Wildman–Crippen LogP) is 1.79. The summed E-state index contributed by atoms with van der Waals surface area (Å²) in [7, 11) is 4.23. The van der Waals surface area contributed by atoms with Gasteiger partial charge in [-0.25, -0.2) is 4.98 Å². The lowest BCUT2D eigenvalue weighted by molar-refractivity contribution is -0.132. The Morgan fingerprint density at radius 2 is 2.08 bits per heavy atom. The average molecular weight is 336 g/mol. The zero-order chi connectivity index (χ0) is 17.5. The number of aromatic nitrogens is 2. The van der Waals surface area contributed by atoms with Crippen LogP contribution in [0.15, 0.2) is 12.4 Å². The summed E-state index contributed by atoms with van der Waals surface area (Å²) in [5.74, 6) is 1.22. The van der Waals surface area contributed by atoms with Crippen LogP contribution in [0.2, 0.25) is 0 Å². The first-order valence-corrected chi connectivity index (χ1v) is 9.03. The van der Waals surface area contributed by atoms with Crippen LogP contribution in [0.1, 0.15) is 38.9 Å². The molecule has 1 aliphatic heterocycles. The smallest absolute Gasteiger partial charge is 0.223 e. The molecule has 0 saturated carbocycles. The minimum Gasteiger partial charge on any atom is -0.377 e. The standard InChI is InChI=1S/C18H32N4O2/c1-15(2)24-14-13-21-12-9-19-17(21)5-6-18(23)22-10-7-16(8-11-22)20(3)4/h9,12,15-16H,5-8,10-11,13-14H2,1-4H3. The lowest BCUT2D eigenvalue weighted by Crippen LogP contribution is -2.44. The largest absolute Gasteiger partial charge is 0.377 e. The fourth-order valence-electron chi connectivity index (χ4n) is 3.17. The topological polar surface area (TPSA) is 50.6 Å². The highest BCUT2D eigenvalue weighted by Crippen LogP contribution is 2.15. The van der Waals surface area contributed by atoms with Gasteiger partial charge >= 0.3 is 0 Å². The Hall–Kier alpha value is -1.40. The number of hydrogen-bond acceptors (Lipinski definition) is 4. The quantitative estimate of drug-likeness (QED) is 0.726. The van der Waals surface area contributed by atoms with Gasteiger partial charge in [-0.1, -0.05) is 0 Å². The fraction of sp³-hybridized carbons (Fsp3) is 0.778. The molecule has 1 aromatic heterocycles. The molecule has 0 spiro atoms. The Balaban J connectivity index is 1.75. The summed E-state index contributed by atoms with van der Waals surface area (Å²) in [6.45, 7) is 7.28. The van der Waals surface area contributed by atoms with E-state index in [1.54, 1.807) is 6.20 Å². The van der Waals surface area contributed by atoms with Crippen molar-refractivity contribution in [3.05, 3.63) is 18.2 Å². The number of nitrogens with zero attached hydrogens (tertiary/aromatic N) is 4. The van der Waals surface area contributed by atoms with E-state index in [9.17, 15) is 4.79 Å². The average Bonchev–Trinajstić information content (AvgIpc) is 2.99. The van der Waals surface area contributed by atoms with Crippen molar-refractivity contribution in [2.45, 2.75) is 58.2 Å².